The predicted molar refractivity (Wildman–Crippen MR) is 133 cm³/mol. The molecular weight excluding hydrogens is 417 g/mol. The lowest BCUT2D eigenvalue weighted by atomic mass is 9.80. The summed E-state index contributed by atoms with van der Waals surface area (Å²) in [6.45, 7) is 25.2. The van der Waals surface area contributed by atoms with Gasteiger partial charge in [-0.15, -0.1) is 0 Å². The monoisotopic (exact) mass is 466 g/mol. The Morgan fingerprint density at radius 2 is 1.21 bits per heavy atom. The molecule has 170 valence electrons. The van der Waals surface area contributed by atoms with Crippen LogP contribution in [-0.2, 0) is 8.23 Å². The van der Waals surface area contributed by atoms with E-state index in [1.165, 1.54) is 0 Å². The standard InChI is InChI=1S/C20H50O4Si4/c1-19(28(10,11)24-26(5,6)7)13-15-20(17-21,18-22)14-12-16-27(8,9)23-25(2,3)4/h19,21-22H,12-18H2,1-11H3. The molecule has 8 heteroatoms. The van der Waals surface area contributed by atoms with Gasteiger partial charge in [0.1, 0.15) is 0 Å². The second kappa shape index (κ2) is 10.8. The molecular formula is C20H50O4Si4. The lowest BCUT2D eigenvalue weighted by Gasteiger charge is -2.38. The van der Waals surface area contributed by atoms with Crippen LogP contribution in [0.3, 0.4) is 0 Å². The van der Waals surface area contributed by atoms with Crippen molar-refractivity contribution in [3.63, 3.8) is 0 Å². The normalized spacial score (nSPS) is 15.8. The van der Waals surface area contributed by atoms with Gasteiger partial charge in [0.2, 0.25) is 0 Å². The lowest BCUT2D eigenvalue weighted by Crippen LogP contribution is -2.45. The van der Waals surface area contributed by atoms with Gasteiger partial charge in [0, 0.05) is 5.41 Å². The fourth-order valence-corrected chi connectivity index (χ4v) is 20.0. The van der Waals surface area contributed by atoms with Crippen molar-refractivity contribution >= 4 is 33.3 Å². The summed E-state index contributed by atoms with van der Waals surface area (Å²) in [6.07, 6.45) is 3.76. The summed E-state index contributed by atoms with van der Waals surface area (Å²) in [5.41, 5.74) is 0.138. The summed E-state index contributed by atoms with van der Waals surface area (Å²) in [7, 11) is -6.51. The molecule has 0 aliphatic heterocycles. The third-order valence-corrected chi connectivity index (χ3v) is 19.0. The van der Waals surface area contributed by atoms with E-state index in [9.17, 15) is 10.2 Å². The highest BCUT2D eigenvalue weighted by molar-refractivity contribution is 6.85. The second-order valence-corrected chi connectivity index (χ2v) is 30.2. The SMILES string of the molecule is CC(CCC(CO)(CO)CCC[Si](C)(C)O[Si](C)(C)C)[Si](C)(C)O[Si](C)(C)C. The maximum atomic E-state index is 10.1. The molecule has 0 aromatic carbocycles. The zero-order chi connectivity index (χ0) is 22.4. The van der Waals surface area contributed by atoms with Crippen molar-refractivity contribution in [1.29, 1.82) is 0 Å². The average molecular weight is 467 g/mol. The second-order valence-electron chi connectivity index (χ2n) is 11.9. The Morgan fingerprint density at radius 1 is 0.750 bits per heavy atom. The minimum atomic E-state index is -1.77. The van der Waals surface area contributed by atoms with Crippen molar-refractivity contribution in [2.75, 3.05) is 13.2 Å². The molecule has 0 aliphatic rings. The van der Waals surface area contributed by atoms with Gasteiger partial charge in [0.25, 0.3) is 0 Å². The highest BCUT2D eigenvalue weighted by Gasteiger charge is 2.38. The van der Waals surface area contributed by atoms with Crippen molar-refractivity contribution in [2.24, 2.45) is 5.41 Å². The first kappa shape index (κ1) is 28.7. The lowest BCUT2D eigenvalue weighted by molar-refractivity contribution is 0.0368. The number of aliphatic hydroxyl groups excluding tert-OH is 2. The molecule has 0 saturated heterocycles. The maximum Gasteiger partial charge on any atom is 0.176 e. The quantitative estimate of drug-likeness (QED) is 0.307. The zero-order valence-electron chi connectivity index (χ0n) is 20.7. The number of hydrogen-bond acceptors (Lipinski definition) is 4. The average Bonchev–Trinajstić information content (AvgIpc) is 2.45. The first-order valence-electron chi connectivity index (χ1n) is 11.0. The molecule has 1 atom stereocenters. The van der Waals surface area contributed by atoms with Crippen LogP contribution >= 0.6 is 0 Å². The van der Waals surface area contributed by atoms with Crippen molar-refractivity contribution in [2.45, 2.75) is 110 Å². The van der Waals surface area contributed by atoms with Crippen LogP contribution < -0.4 is 0 Å². The minimum Gasteiger partial charge on any atom is -0.456 e. The van der Waals surface area contributed by atoms with Crippen LogP contribution in [-0.4, -0.2) is 56.7 Å². The van der Waals surface area contributed by atoms with Crippen LogP contribution in [0.1, 0.15) is 32.6 Å². The largest absolute Gasteiger partial charge is 0.456 e. The summed E-state index contributed by atoms with van der Waals surface area (Å²) in [5.74, 6) is 0. The molecule has 0 heterocycles. The van der Waals surface area contributed by atoms with Crippen molar-refractivity contribution in [3.8, 4) is 0 Å². The van der Waals surface area contributed by atoms with E-state index in [1.807, 2.05) is 0 Å². The van der Waals surface area contributed by atoms with Crippen LogP contribution in [0.4, 0.5) is 0 Å². The van der Waals surface area contributed by atoms with E-state index in [0.717, 1.165) is 31.7 Å². The van der Waals surface area contributed by atoms with Gasteiger partial charge < -0.3 is 18.4 Å². The van der Waals surface area contributed by atoms with Gasteiger partial charge in [-0.1, -0.05) is 19.8 Å². The molecule has 0 aromatic rings. The predicted octanol–water partition coefficient (Wildman–Crippen LogP) is 6.02. The van der Waals surface area contributed by atoms with E-state index in [4.69, 9.17) is 8.23 Å². The summed E-state index contributed by atoms with van der Waals surface area (Å²) < 4.78 is 13.0. The molecule has 0 rings (SSSR count). The third-order valence-electron chi connectivity index (χ3n) is 5.60. The van der Waals surface area contributed by atoms with Crippen LogP contribution in [0.25, 0.3) is 0 Å². The van der Waals surface area contributed by atoms with Gasteiger partial charge in [-0.3, -0.25) is 0 Å². The summed E-state index contributed by atoms with van der Waals surface area (Å²) in [6, 6.07) is 1.09. The van der Waals surface area contributed by atoms with E-state index in [1.54, 1.807) is 0 Å². The summed E-state index contributed by atoms with van der Waals surface area (Å²) in [5, 5.41) is 20.2. The van der Waals surface area contributed by atoms with Crippen LogP contribution in [0.2, 0.25) is 77.1 Å². The molecule has 1 unspecified atom stereocenters. The Morgan fingerprint density at radius 3 is 1.61 bits per heavy atom. The summed E-state index contributed by atoms with van der Waals surface area (Å²) >= 11 is 0. The van der Waals surface area contributed by atoms with Gasteiger partial charge in [-0.05, 0) is 89.9 Å². The zero-order valence-corrected chi connectivity index (χ0v) is 24.7. The molecule has 0 aliphatic carbocycles. The molecule has 0 amide bonds. The topological polar surface area (TPSA) is 58.9 Å². The summed E-state index contributed by atoms with van der Waals surface area (Å²) in [4.78, 5) is 0. The Balaban J connectivity index is 4.83. The van der Waals surface area contributed by atoms with Gasteiger partial charge >= 0.3 is 0 Å². The first-order valence-corrected chi connectivity index (χ1v) is 23.9. The van der Waals surface area contributed by atoms with E-state index >= 15 is 0 Å². The number of aliphatic hydroxyl groups is 2. The molecule has 4 nitrogen and oxygen atoms in total. The molecule has 0 aromatic heterocycles. The van der Waals surface area contributed by atoms with Crippen LogP contribution in [0.15, 0.2) is 0 Å². The Bertz CT molecular complexity index is 452. The molecule has 0 saturated carbocycles. The van der Waals surface area contributed by atoms with Gasteiger partial charge in [-0.25, -0.2) is 0 Å². The van der Waals surface area contributed by atoms with E-state index in [2.05, 4.69) is 72.4 Å². The number of rotatable bonds is 14. The molecule has 2 N–H and O–H groups in total. The fraction of sp³-hybridized carbons (Fsp3) is 1.00. The highest BCUT2D eigenvalue weighted by atomic mass is 28.4. The van der Waals surface area contributed by atoms with Crippen LogP contribution in [0.5, 0.6) is 0 Å². The van der Waals surface area contributed by atoms with Gasteiger partial charge in [0.15, 0.2) is 33.3 Å². The number of hydrogen-bond donors (Lipinski definition) is 2. The van der Waals surface area contributed by atoms with Crippen molar-refractivity contribution in [1.82, 2.24) is 0 Å². The van der Waals surface area contributed by atoms with E-state index in [0.29, 0.717) is 5.54 Å². The first-order chi connectivity index (χ1) is 12.4. The van der Waals surface area contributed by atoms with E-state index < -0.39 is 33.3 Å². The van der Waals surface area contributed by atoms with Crippen LogP contribution in [0, 0.1) is 5.41 Å². The molecule has 0 spiro atoms. The third kappa shape index (κ3) is 11.8. The highest BCUT2D eigenvalue weighted by Crippen LogP contribution is 2.37. The fourth-order valence-electron chi connectivity index (χ4n) is 4.02. The molecule has 0 radical (unpaired) electrons. The van der Waals surface area contributed by atoms with E-state index in [-0.39, 0.29) is 18.6 Å². The molecule has 0 bridgehead atoms. The Hall–Kier alpha value is 0.708. The van der Waals surface area contributed by atoms with Gasteiger partial charge in [0.05, 0.1) is 13.2 Å². The van der Waals surface area contributed by atoms with Gasteiger partial charge in [-0.2, -0.15) is 0 Å². The molecule has 28 heavy (non-hydrogen) atoms. The van der Waals surface area contributed by atoms with Crippen molar-refractivity contribution < 1.29 is 18.4 Å². The smallest absolute Gasteiger partial charge is 0.176 e. The Kier molecular flexibility index (Phi) is 11.1. The molecule has 0 fully saturated rings. The minimum absolute atomic E-state index is 0.0595. The Labute approximate surface area is 180 Å². The van der Waals surface area contributed by atoms with Crippen molar-refractivity contribution in [3.05, 3.63) is 0 Å². The maximum absolute atomic E-state index is 10.1.